The minimum atomic E-state index is -0.807. The van der Waals surface area contributed by atoms with Crippen molar-refractivity contribution in [3.8, 4) is 5.75 Å². The topological polar surface area (TPSA) is 53.0 Å². The van der Waals surface area contributed by atoms with Crippen LogP contribution in [0.15, 0.2) is 97.1 Å². The van der Waals surface area contributed by atoms with Gasteiger partial charge in [0.05, 0.1) is 37.7 Å². The maximum Gasteiger partial charge on any atom is 0.233 e. The van der Waals surface area contributed by atoms with Gasteiger partial charge >= 0.3 is 0 Å². The molecule has 4 aliphatic heterocycles. The van der Waals surface area contributed by atoms with Crippen molar-refractivity contribution in [2.45, 2.75) is 38.1 Å². The summed E-state index contributed by atoms with van der Waals surface area (Å²) in [7, 11) is 0. The van der Waals surface area contributed by atoms with Crippen molar-refractivity contribution in [3.05, 3.63) is 131 Å². The van der Waals surface area contributed by atoms with E-state index in [1.165, 1.54) is 73.6 Å². The number of aliphatic hydroxyl groups excluding tert-OH is 1. The van der Waals surface area contributed by atoms with Crippen LogP contribution in [0.25, 0.3) is 0 Å². The van der Waals surface area contributed by atoms with Gasteiger partial charge in [0, 0.05) is 30.9 Å². The normalized spacial score (nSPS) is 24.5. The molecule has 2 bridgehead atoms. The monoisotopic (exact) mass is 624 g/mol. The zero-order valence-corrected chi connectivity index (χ0v) is 25.9. The second-order valence-corrected chi connectivity index (χ2v) is 13.1. The van der Waals surface area contributed by atoms with E-state index in [-0.39, 0.29) is 29.5 Å². The predicted octanol–water partition coefficient (Wildman–Crippen LogP) is 6.41. The molecule has 3 atom stereocenters. The second-order valence-electron chi connectivity index (χ2n) is 13.1. The number of nitrogens with zero attached hydrogens (tertiary/aromatic N) is 3. The largest absolute Gasteiger partial charge is 0.489 e. The Hall–Kier alpha value is -4.11. The zero-order valence-electron chi connectivity index (χ0n) is 25.9. The number of halogens is 2. The van der Waals surface area contributed by atoms with E-state index in [9.17, 15) is 18.7 Å². The molecule has 0 aromatic heterocycles. The molecule has 8 heteroatoms. The zero-order chi connectivity index (χ0) is 31.7. The summed E-state index contributed by atoms with van der Waals surface area (Å²) in [6.07, 6.45) is -0.00105. The molecule has 4 saturated heterocycles. The van der Waals surface area contributed by atoms with E-state index in [0.29, 0.717) is 30.7 Å². The fourth-order valence-electron chi connectivity index (χ4n) is 7.31. The van der Waals surface area contributed by atoms with Crippen molar-refractivity contribution in [2.24, 2.45) is 5.92 Å². The molecule has 0 saturated carbocycles. The van der Waals surface area contributed by atoms with Crippen molar-refractivity contribution in [2.75, 3.05) is 44.2 Å². The third kappa shape index (κ3) is 6.43. The summed E-state index contributed by atoms with van der Waals surface area (Å²) in [5, 5.41) is 10.7. The Kier molecular flexibility index (Phi) is 8.60. The average Bonchev–Trinajstić information content (AvgIpc) is 3.09. The van der Waals surface area contributed by atoms with Crippen molar-refractivity contribution >= 4 is 11.6 Å². The van der Waals surface area contributed by atoms with E-state index in [1.54, 1.807) is 29.2 Å². The molecule has 3 unspecified atom stereocenters. The van der Waals surface area contributed by atoms with Crippen LogP contribution in [0.3, 0.4) is 0 Å². The molecule has 4 aromatic rings. The molecule has 1 N–H and O–H groups in total. The fraction of sp³-hybridized carbons (Fsp3) is 0.342. The van der Waals surface area contributed by atoms with Gasteiger partial charge in [-0.15, -0.1) is 0 Å². The molecule has 0 spiro atoms. The highest BCUT2D eigenvalue weighted by Gasteiger charge is 2.48. The lowest BCUT2D eigenvalue weighted by Crippen LogP contribution is -2.66. The smallest absolute Gasteiger partial charge is 0.233 e. The van der Waals surface area contributed by atoms with E-state index in [0.717, 1.165) is 23.4 Å². The minimum absolute atomic E-state index is 0.0703. The number of piperazine rings is 3. The van der Waals surface area contributed by atoms with Gasteiger partial charge in [0.2, 0.25) is 5.91 Å². The highest BCUT2D eigenvalue weighted by molar-refractivity contribution is 6.03. The standard InChI is InChI=1S/C38H40F2N3O3/c39-31-9-5-29(6-10-31)36(44)18-17-35-37(42(38(35)45)33-13-11-32(40)12-14-33)30-7-15-34(16-8-30)46-26-28-3-1-27(2-4-28)25-43-22-19-41(20-23-43)21-24-43/h1-16,35-37,44H,17-26H2/q+1. The first-order chi connectivity index (χ1) is 22.4. The van der Waals surface area contributed by atoms with Gasteiger partial charge in [0.1, 0.15) is 30.5 Å². The maximum atomic E-state index is 13.7. The van der Waals surface area contributed by atoms with Crippen LogP contribution in [0.1, 0.15) is 47.2 Å². The Morgan fingerprint density at radius 2 is 1.37 bits per heavy atom. The van der Waals surface area contributed by atoms with E-state index >= 15 is 0 Å². The number of ether oxygens (including phenoxy) is 1. The lowest BCUT2D eigenvalue weighted by Gasteiger charge is -2.50. The molecule has 46 heavy (non-hydrogen) atoms. The quantitative estimate of drug-likeness (QED) is 0.155. The molecular weight excluding hydrogens is 584 g/mol. The number of amides is 1. The average molecular weight is 625 g/mol. The highest BCUT2D eigenvalue weighted by Crippen LogP contribution is 2.46. The number of benzene rings is 4. The predicted molar refractivity (Wildman–Crippen MR) is 173 cm³/mol. The van der Waals surface area contributed by atoms with Crippen molar-refractivity contribution in [1.82, 2.24) is 4.90 Å². The molecule has 238 valence electrons. The first kappa shape index (κ1) is 30.5. The Morgan fingerprint density at radius 1 is 0.783 bits per heavy atom. The molecular formula is C38H40F2N3O3+. The van der Waals surface area contributed by atoms with Crippen molar-refractivity contribution in [1.29, 1.82) is 0 Å². The summed E-state index contributed by atoms with van der Waals surface area (Å²) in [4.78, 5) is 17.7. The van der Waals surface area contributed by atoms with Gasteiger partial charge in [-0.2, -0.15) is 0 Å². The summed E-state index contributed by atoms with van der Waals surface area (Å²) in [5.74, 6) is -0.417. The summed E-state index contributed by atoms with van der Waals surface area (Å²) >= 11 is 0. The van der Waals surface area contributed by atoms with E-state index in [4.69, 9.17) is 4.74 Å². The third-order valence-corrected chi connectivity index (χ3v) is 10.2. The molecule has 0 radical (unpaired) electrons. The van der Waals surface area contributed by atoms with Gasteiger partial charge in [0.15, 0.2) is 0 Å². The molecule has 6 nitrogen and oxygen atoms in total. The summed E-state index contributed by atoms with van der Waals surface area (Å²) in [6.45, 7) is 8.94. The van der Waals surface area contributed by atoms with Crippen LogP contribution in [-0.4, -0.2) is 59.7 Å². The molecule has 4 aliphatic rings. The van der Waals surface area contributed by atoms with E-state index < -0.39 is 6.10 Å². The van der Waals surface area contributed by atoms with Crippen LogP contribution in [0, 0.1) is 17.6 Å². The molecule has 1 amide bonds. The fourth-order valence-corrected chi connectivity index (χ4v) is 7.31. The number of carbonyl (C=O) groups is 1. The minimum Gasteiger partial charge on any atom is -0.489 e. The third-order valence-electron chi connectivity index (χ3n) is 10.2. The Labute approximate surface area is 269 Å². The van der Waals surface area contributed by atoms with Crippen LogP contribution < -0.4 is 9.64 Å². The Morgan fingerprint density at radius 3 is 2.00 bits per heavy atom. The van der Waals surface area contributed by atoms with Crippen LogP contribution in [-0.2, 0) is 17.9 Å². The SMILES string of the molecule is O=C1C(CCC(O)c2ccc(F)cc2)C(c2ccc(OCc3ccc(C[N+]45CCN(CC4)CC5)cc3)cc2)N1c1ccc(F)cc1. The Balaban J connectivity index is 1.00. The number of rotatable bonds is 11. The number of hydrogen-bond donors (Lipinski definition) is 1. The van der Waals surface area contributed by atoms with Gasteiger partial charge in [-0.3, -0.25) is 9.69 Å². The highest BCUT2D eigenvalue weighted by atomic mass is 19.1. The lowest BCUT2D eigenvalue weighted by atomic mass is 9.78. The molecule has 8 rings (SSSR count). The van der Waals surface area contributed by atoms with Crippen LogP contribution in [0.2, 0.25) is 0 Å². The maximum absolute atomic E-state index is 13.7. The lowest BCUT2D eigenvalue weighted by molar-refractivity contribution is -0.953. The van der Waals surface area contributed by atoms with Gasteiger partial charge in [-0.1, -0.05) is 48.5 Å². The molecule has 4 fully saturated rings. The first-order valence-electron chi connectivity index (χ1n) is 16.3. The van der Waals surface area contributed by atoms with Crippen LogP contribution in [0.5, 0.6) is 5.75 Å². The van der Waals surface area contributed by atoms with Gasteiger partial charge in [-0.25, -0.2) is 8.78 Å². The number of carbonyl (C=O) groups excluding carboxylic acids is 1. The van der Waals surface area contributed by atoms with E-state index in [2.05, 4.69) is 29.2 Å². The molecule has 0 aliphatic carbocycles. The van der Waals surface area contributed by atoms with Gasteiger partial charge in [-0.05, 0) is 78.1 Å². The van der Waals surface area contributed by atoms with E-state index in [1.807, 2.05) is 24.3 Å². The number of hydrogen-bond acceptors (Lipinski definition) is 4. The van der Waals surface area contributed by atoms with Gasteiger partial charge in [0.25, 0.3) is 0 Å². The summed E-state index contributed by atoms with van der Waals surface area (Å²) in [5.41, 5.74) is 4.67. The second kappa shape index (κ2) is 12.9. The van der Waals surface area contributed by atoms with Crippen LogP contribution >= 0.6 is 0 Å². The summed E-state index contributed by atoms with van der Waals surface area (Å²) < 4.78 is 34.4. The number of anilines is 1. The molecule has 4 heterocycles. The van der Waals surface area contributed by atoms with Gasteiger partial charge < -0.3 is 19.2 Å². The number of fused-ring (bicyclic) bond motifs is 3. The Bertz CT molecular complexity index is 1620. The first-order valence-corrected chi connectivity index (χ1v) is 16.3. The molecule has 4 aromatic carbocycles. The van der Waals surface area contributed by atoms with Crippen LogP contribution in [0.4, 0.5) is 14.5 Å². The number of quaternary nitrogens is 1. The summed E-state index contributed by atoms with van der Waals surface area (Å²) in [6, 6.07) is 28.0. The number of aliphatic hydroxyl groups is 1. The number of β-lactam (4-membered cyclic amide) rings is 1. The van der Waals surface area contributed by atoms with Crippen molar-refractivity contribution in [3.63, 3.8) is 0 Å². The van der Waals surface area contributed by atoms with Crippen molar-refractivity contribution < 1.29 is 27.9 Å².